The predicted molar refractivity (Wildman–Crippen MR) is 53.3 cm³/mol. The lowest BCUT2D eigenvalue weighted by Gasteiger charge is -2.07. The number of hydrogen-bond acceptors (Lipinski definition) is 4. The Labute approximate surface area is 96.8 Å². The van der Waals surface area contributed by atoms with Gasteiger partial charge in [0.2, 0.25) is 0 Å². The van der Waals surface area contributed by atoms with Crippen molar-refractivity contribution in [3.05, 3.63) is 23.8 Å². The highest BCUT2D eigenvalue weighted by Crippen LogP contribution is 2.15. The second kappa shape index (κ2) is 6.51. The second-order valence-electron chi connectivity index (χ2n) is 3.31. The molecule has 1 rings (SSSR count). The zero-order chi connectivity index (χ0) is 12.7. The third kappa shape index (κ3) is 6.18. The highest BCUT2D eigenvalue weighted by atomic mass is 19.4. The molecule has 0 atom stereocenters. The quantitative estimate of drug-likeness (QED) is 0.771. The lowest BCUT2D eigenvalue weighted by Crippen LogP contribution is -2.17. The van der Waals surface area contributed by atoms with E-state index in [1.54, 1.807) is 7.11 Å². The van der Waals surface area contributed by atoms with Crippen molar-refractivity contribution < 1.29 is 22.6 Å². The van der Waals surface area contributed by atoms with Crippen LogP contribution in [0.25, 0.3) is 0 Å². The molecule has 0 N–H and O–H groups in total. The van der Waals surface area contributed by atoms with Crippen molar-refractivity contribution in [3.8, 4) is 0 Å². The molecule has 1 aromatic rings. The molecule has 96 valence electrons. The molecule has 0 aromatic carbocycles. The number of rotatable bonds is 6. The highest BCUT2D eigenvalue weighted by molar-refractivity contribution is 5.01. The molecule has 0 spiro atoms. The summed E-state index contributed by atoms with van der Waals surface area (Å²) in [6.07, 6.45) is -2.31. The van der Waals surface area contributed by atoms with Gasteiger partial charge in [-0.25, -0.2) is 9.97 Å². The number of nitrogens with zero attached hydrogens (tertiary/aromatic N) is 2. The van der Waals surface area contributed by atoms with Gasteiger partial charge in [0.1, 0.15) is 12.4 Å². The maximum absolute atomic E-state index is 11.8. The fourth-order valence-electron chi connectivity index (χ4n) is 1.11. The van der Waals surface area contributed by atoms with Gasteiger partial charge in [0.05, 0.1) is 18.9 Å². The first-order chi connectivity index (χ1) is 8.01. The van der Waals surface area contributed by atoms with E-state index in [0.29, 0.717) is 24.5 Å². The SMILES string of the molecule is COCCc1nccc(COCC(F)(F)F)n1. The summed E-state index contributed by atoms with van der Waals surface area (Å²) >= 11 is 0. The fraction of sp³-hybridized carbons (Fsp3) is 0.600. The van der Waals surface area contributed by atoms with Gasteiger partial charge < -0.3 is 9.47 Å². The monoisotopic (exact) mass is 250 g/mol. The first-order valence-corrected chi connectivity index (χ1v) is 4.95. The molecular weight excluding hydrogens is 237 g/mol. The van der Waals surface area contributed by atoms with Crippen molar-refractivity contribution in [2.24, 2.45) is 0 Å². The number of ether oxygens (including phenoxy) is 2. The van der Waals surface area contributed by atoms with Gasteiger partial charge in [-0.05, 0) is 6.07 Å². The van der Waals surface area contributed by atoms with Crippen LogP contribution in [0.2, 0.25) is 0 Å². The Morgan fingerprint density at radius 1 is 1.35 bits per heavy atom. The Bertz CT molecular complexity index is 345. The third-order valence-corrected chi connectivity index (χ3v) is 1.81. The van der Waals surface area contributed by atoms with Crippen LogP contribution in [0.5, 0.6) is 0 Å². The van der Waals surface area contributed by atoms with Crippen LogP contribution < -0.4 is 0 Å². The first-order valence-electron chi connectivity index (χ1n) is 4.95. The molecule has 0 bridgehead atoms. The molecule has 4 nitrogen and oxygen atoms in total. The third-order valence-electron chi connectivity index (χ3n) is 1.81. The molecule has 0 radical (unpaired) electrons. The van der Waals surface area contributed by atoms with Gasteiger partial charge >= 0.3 is 6.18 Å². The lowest BCUT2D eigenvalue weighted by molar-refractivity contribution is -0.176. The minimum Gasteiger partial charge on any atom is -0.384 e. The van der Waals surface area contributed by atoms with Crippen molar-refractivity contribution >= 4 is 0 Å². The Balaban J connectivity index is 2.43. The Morgan fingerprint density at radius 2 is 2.12 bits per heavy atom. The summed E-state index contributed by atoms with van der Waals surface area (Å²) in [7, 11) is 1.55. The Morgan fingerprint density at radius 3 is 2.76 bits per heavy atom. The average molecular weight is 250 g/mol. The van der Waals surface area contributed by atoms with Gasteiger partial charge in [-0.3, -0.25) is 0 Å². The summed E-state index contributed by atoms with van der Waals surface area (Å²) in [5.41, 5.74) is 0.426. The van der Waals surface area contributed by atoms with E-state index >= 15 is 0 Å². The predicted octanol–water partition coefficient (Wildman–Crippen LogP) is 1.74. The van der Waals surface area contributed by atoms with Gasteiger partial charge in [-0.2, -0.15) is 13.2 Å². The van der Waals surface area contributed by atoms with Crippen LogP contribution in [0, 0.1) is 0 Å². The summed E-state index contributed by atoms with van der Waals surface area (Å²) in [5, 5.41) is 0. The molecule has 1 heterocycles. The number of hydrogen-bond donors (Lipinski definition) is 0. The molecule has 1 aromatic heterocycles. The normalized spacial score (nSPS) is 11.8. The molecule has 0 aliphatic rings. The van der Waals surface area contributed by atoms with E-state index in [1.165, 1.54) is 12.3 Å². The standard InChI is InChI=1S/C10H13F3N2O2/c1-16-5-3-9-14-4-2-8(15-9)6-17-7-10(11,12)13/h2,4H,3,5-7H2,1H3. The molecule has 17 heavy (non-hydrogen) atoms. The highest BCUT2D eigenvalue weighted by Gasteiger charge is 2.27. The van der Waals surface area contributed by atoms with Crippen LogP contribution in [-0.4, -0.2) is 36.5 Å². The van der Waals surface area contributed by atoms with Crippen molar-refractivity contribution in [1.82, 2.24) is 9.97 Å². The van der Waals surface area contributed by atoms with Crippen LogP contribution in [-0.2, 0) is 22.5 Å². The van der Waals surface area contributed by atoms with Crippen LogP contribution in [0.1, 0.15) is 11.5 Å². The topological polar surface area (TPSA) is 44.2 Å². The molecular formula is C10H13F3N2O2. The van der Waals surface area contributed by atoms with E-state index < -0.39 is 12.8 Å². The number of alkyl halides is 3. The lowest BCUT2D eigenvalue weighted by atomic mass is 10.3. The van der Waals surface area contributed by atoms with Crippen LogP contribution >= 0.6 is 0 Å². The second-order valence-corrected chi connectivity index (χ2v) is 3.31. The fourth-order valence-corrected chi connectivity index (χ4v) is 1.11. The average Bonchev–Trinajstić information content (AvgIpc) is 2.25. The molecule has 0 unspecified atom stereocenters. The van der Waals surface area contributed by atoms with Gasteiger partial charge in [-0.1, -0.05) is 0 Å². The Hall–Kier alpha value is -1.21. The largest absolute Gasteiger partial charge is 0.411 e. The summed E-state index contributed by atoms with van der Waals surface area (Å²) in [5.74, 6) is 0.528. The van der Waals surface area contributed by atoms with E-state index in [1.807, 2.05) is 0 Å². The van der Waals surface area contributed by atoms with Crippen molar-refractivity contribution in [2.45, 2.75) is 19.2 Å². The first kappa shape index (κ1) is 13.9. The summed E-state index contributed by atoms with van der Waals surface area (Å²) in [4.78, 5) is 8.01. The van der Waals surface area contributed by atoms with Crippen LogP contribution in [0.15, 0.2) is 12.3 Å². The van der Waals surface area contributed by atoms with Crippen molar-refractivity contribution in [2.75, 3.05) is 20.3 Å². The van der Waals surface area contributed by atoms with Gasteiger partial charge in [0.15, 0.2) is 0 Å². The van der Waals surface area contributed by atoms with E-state index in [-0.39, 0.29) is 6.61 Å². The number of aromatic nitrogens is 2. The van der Waals surface area contributed by atoms with E-state index in [2.05, 4.69) is 14.7 Å². The van der Waals surface area contributed by atoms with E-state index in [9.17, 15) is 13.2 Å². The summed E-state index contributed by atoms with van der Waals surface area (Å²) in [6.45, 7) is -0.987. The van der Waals surface area contributed by atoms with Crippen molar-refractivity contribution in [1.29, 1.82) is 0 Å². The minimum absolute atomic E-state index is 0.179. The zero-order valence-electron chi connectivity index (χ0n) is 9.33. The summed E-state index contributed by atoms with van der Waals surface area (Å²) < 4.78 is 44.8. The molecule has 0 aliphatic carbocycles. The van der Waals surface area contributed by atoms with E-state index in [4.69, 9.17) is 4.74 Å². The number of methoxy groups -OCH3 is 1. The molecule has 0 fully saturated rings. The molecule has 0 saturated heterocycles. The maximum atomic E-state index is 11.8. The smallest absolute Gasteiger partial charge is 0.384 e. The van der Waals surface area contributed by atoms with Crippen molar-refractivity contribution in [3.63, 3.8) is 0 Å². The molecule has 0 amide bonds. The maximum Gasteiger partial charge on any atom is 0.411 e. The summed E-state index contributed by atoms with van der Waals surface area (Å²) in [6, 6.07) is 1.52. The minimum atomic E-state index is -4.31. The van der Waals surface area contributed by atoms with Crippen LogP contribution in [0.3, 0.4) is 0 Å². The van der Waals surface area contributed by atoms with Gasteiger partial charge in [-0.15, -0.1) is 0 Å². The van der Waals surface area contributed by atoms with Gasteiger partial charge in [0, 0.05) is 19.7 Å². The Kier molecular flexibility index (Phi) is 5.30. The van der Waals surface area contributed by atoms with Gasteiger partial charge in [0.25, 0.3) is 0 Å². The van der Waals surface area contributed by atoms with Crippen LogP contribution in [0.4, 0.5) is 13.2 Å². The molecule has 0 saturated carbocycles. The van der Waals surface area contributed by atoms with E-state index in [0.717, 1.165) is 0 Å². The zero-order valence-corrected chi connectivity index (χ0v) is 9.33. The molecule has 7 heteroatoms. The number of halogens is 3. The molecule has 0 aliphatic heterocycles.